The van der Waals surface area contributed by atoms with Crippen molar-refractivity contribution in [3.8, 4) is 6.07 Å². The number of hydrogen-bond acceptors (Lipinski definition) is 4. The van der Waals surface area contributed by atoms with Crippen LogP contribution in [0.5, 0.6) is 0 Å². The van der Waals surface area contributed by atoms with E-state index in [1.807, 2.05) is 30.3 Å². The van der Waals surface area contributed by atoms with E-state index >= 15 is 0 Å². The van der Waals surface area contributed by atoms with Crippen LogP contribution >= 0.6 is 0 Å². The van der Waals surface area contributed by atoms with Crippen LogP contribution in [0.4, 0.5) is 0 Å². The lowest BCUT2D eigenvalue weighted by Gasteiger charge is -2.07. The summed E-state index contributed by atoms with van der Waals surface area (Å²) in [6, 6.07) is 11.1. The Morgan fingerprint density at radius 2 is 2.06 bits per heavy atom. The highest BCUT2D eigenvalue weighted by Gasteiger charge is 2.01. The van der Waals surface area contributed by atoms with Gasteiger partial charge >= 0.3 is 0 Å². The summed E-state index contributed by atoms with van der Waals surface area (Å²) in [5, 5.41) is 8.28. The molecule has 0 aliphatic rings. The summed E-state index contributed by atoms with van der Waals surface area (Å²) in [7, 11) is 0. The van der Waals surface area contributed by atoms with Gasteiger partial charge in [-0.1, -0.05) is 30.3 Å². The number of carbonyl (C=O) groups excluding carboxylic acids is 1. The summed E-state index contributed by atoms with van der Waals surface area (Å²) in [5.41, 5.74) is 11.0. The van der Waals surface area contributed by atoms with Crippen LogP contribution in [0.25, 0.3) is 0 Å². The van der Waals surface area contributed by atoms with E-state index in [1.54, 1.807) is 6.07 Å². The lowest BCUT2D eigenvalue weighted by Crippen LogP contribution is -2.40. The minimum absolute atomic E-state index is 0.101. The molecule has 82 valence electrons. The molecule has 16 heavy (non-hydrogen) atoms. The molecule has 5 heteroatoms. The van der Waals surface area contributed by atoms with Crippen molar-refractivity contribution in [1.29, 1.82) is 5.26 Å². The topological polar surface area (TPSA) is 90.9 Å². The second-order valence-electron chi connectivity index (χ2n) is 3.06. The van der Waals surface area contributed by atoms with Gasteiger partial charge in [0.15, 0.2) is 0 Å². The number of nitrogens with zero attached hydrogens (tertiary/aromatic N) is 1. The quantitative estimate of drug-likeness (QED) is 0.494. The summed E-state index contributed by atoms with van der Waals surface area (Å²) in [5.74, 6) is -0.121. The average molecular weight is 216 g/mol. The van der Waals surface area contributed by atoms with E-state index in [-0.39, 0.29) is 18.1 Å². The van der Waals surface area contributed by atoms with Gasteiger partial charge in [0, 0.05) is 0 Å². The number of allylic oxidation sites excluding steroid dienone is 1. The number of benzene rings is 1. The highest BCUT2D eigenvalue weighted by Crippen LogP contribution is 1.98. The van der Waals surface area contributed by atoms with Gasteiger partial charge in [0.05, 0.1) is 18.6 Å². The molecule has 0 fully saturated rings. The first-order valence-electron chi connectivity index (χ1n) is 4.66. The molecule has 1 rings (SSSR count). The van der Waals surface area contributed by atoms with Gasteiger partial charge in [-0.15, -0.1) is 0 Å². The number of nitrogens with two attached hydrogens (primary N) is 1. The minimum Gasteiger partial charge on any atom is -0.384 e. The Morgan fingerprint density at radius 1 is 1.38 bits per heavy atom. The van der Waals surface area contributed by atoms with Gasteiger partial charge in [-0.3, -0.25) is 15.6 Å². The lowest BCUT2D eigenvalue weighted by molar-refractivity contribution is -0.121. The first-order chi connectivity index (χ1) is 7.72. The van der Waals surface area contributed by atoms with Crippen LogP contribution < -0.4 is 16.6 Å². The number of nitrogens with one attached hydrogen (secondary N) is 2. The number of hydrogen-bond donors (Lipinski definition) is 3. The summed E-state index contributed by atoms with van der Waals surface area (Å²) < 4.78 is 0. The van der Waals surface area contributed by atoms with E-state index in [9.17, 15) is 4.79 Å². The molecule has 0 aliphatic carbocycles. The van der Waals surface area contributed by atoms with Gasteiger partial charge in [0.25, 0.3) is 0 Å². The molecule has 5 nitrogen and oxygen atoms in total. The zero-order chi connectivity index (χ0) is 11.8. The highest BCUT2D eigenvalue weighted by atomic mass is 16.2. The summed E-state index contributed by atoms with van der Waals surface area (Å²) in [4.78, 5) is 11.4. The number of hydrazine groups is 1. The van der Waals surface area contributed by atoms with Crippen molar-refractivity contribution < 1.29 is 4.79 Å². The summed E-state index contributed by atoms with van der Waals surface area (Å²) in [6.45, 7) is 0. The fourth-order valence-electron chi connectivity index (χ4n) is 1.07. The van der Waals surface area contributed by atoms with Crippen molar-refractivity contribution in [3.63, 3.8) is 0 Å². The van der Waals surface area contributed by atoms with Crippen LogP contribution in [-0.2, 0) is 11.2 Å². The summed E-state index contributed by atoms with van der Waals surface area (Å²) >= 11 is 0. The van der Waals surface area contributed by atoms with Crippen molar-refractivity contribution in [3.05, 3.63) is 47.8 Å². The highest BCUT2D eigenvalue weighted by molar-refractivity contribution is 5.78. The smallest absolute Gasteiger partial charge is 0.242 e. The molecule has 0 saturated carbocycles. The van der Waals surface area contributed by atoms with Gasteiger partial charge in [-0.25, -0.2) is 0 Å². The van der Waals surface area contributed by atoms with Crippen LogP contribution in [0, 0.1) is 11.3 Å². The molecule has 1 amide bonds. The molecule has 0 atom stereocenters. The van der Waals surface area contributed by atoms with Crippen molar-refractivity contribution in [1.82, 2.24) is 10.9 Å². The van der Waals surface area contributed by atoms with Gasteiger partial charge < -0.3 is 5.73 Å². The van der Waals surface area contributed by atoms with Crippen molar-refractivity contribution >= 4 is 5.91 Å². The zero-order valence-electron chi connectivity index (χ0n) is 8.60. The molecule has 1 aromatic rings. The second kappa shape index (κ2) is 6.09. The Bertz CT molecular complexity index is 419. The van der Waals surface area contributed by atoms with Crippen LogP contribution in [-0.4, -0.2) is 5.91 Å². The molecule has 0 aliphatic heterocycles. The van der Waals surface area contributed by atoms with E-state index in [2.05, 4.69) is 10.9 Å². The fraction of sp³-hybridized carbons (Fsp3) is 0.0909. The second-order valence-corrected chi connectivity index (χ2v) is 3.06. The molecular formula is C11H12N4O. The average Bonchev–Trinajstić information content (AvgIpc) is 2.28. The molecular weight excluding hydrogens is 204 g/mol. The maximum absolute atomic E-state index is 11.4. The van der Waals surface area contributed by atoms with E-state index in [0.29, 0.717) is 0 Å². The first-order valence-corrected chi connectivity index (χ1v) is 4.66. The third-order valence-electron chi connectivity index (χ3n) is 1.77. The van der Waals surface area contributed by atoms with E-state index in [0.717, 1.165) is 11.6 Å². The van der Waals surface area contributed by atoms with Gasteiger partial charge in [0.2, 0.25) is 5.91 Å². The molecule has 0 heterocycles. The predicted molar refractivity (Wildman–Crippen MR) is 59.3 cm³/mol. The molecule has 0 saturated heterocycles. The summed E-state index contributed by atoms with van der Waals surface area (Å²) in [6.07, 6.45) is 1.36. The maximum atomic E-state index is 11.4. The van der Waals surface area contributed by atoms with Crippen molar-refractivity contribution in [2.75, 3.05) is 0 Å². The Hall–Kier alpha value is -2.48. The van der Waals surface area contributed by atoms with Crippen molar-refractivity contribution in [2.24, 2.45) is 5.73 Å². The van der Waals surface area contributed by atoms with Crippen LogP contribution in [0.1, 0.15) is 5.56 Å². The zero-order valence-corrected chi connectivity index (χ0v) is 8.60. The molecule has 0 unspecified atom stereocenters. The van der Waals surface area contributed by atoms with Gasteiger partial charge in [0.1, 0.15) is 5.82 Å². The third kappa shape index (κ3) is 4.15. The normalized spacial score (nSPS) is 10.3. The molecule has 0 bridgehead atoms. The molecule has 4 N–H and O–H groups in total. The number of carbonyl (C=O) groups is 1. The van der Waals surface area contributed by atoms with Crippen LogP contribution in [0.15, 0.2) is 42.2 Å². The van der Waals surface area contributed by atoms with E-state index < -0.39 is 0 Å². The maximum Gasteiger partial charge on any atom is 0.242 e. The third-order valence-corrected chi connectivity index (χ3v) is 1.77. The minimum atomic E-state index is -0.222. The van der Waals surface area contributed by atoms with Crippen LogP contribution in [0.3, 0.4) is 0 Å². The Morgan fingerprint density at radius 3 is 2.69 bits per heavy atom. The number of amides is 1. The number of nitriles is 1. The van der Waals surface area contributed by atoms with Gasteiger partial charge in [-0.2, -0.15) is 5.26 Å². The van der Waals surface area contributed by atoms with Gasteiger partial charge in [-0.05, 0) is 5.56 Å². The van der Waals surface area contributed by atoms with Crippen molar-refractivity contribution in [2.45, 2.75) is 6.42 Å². The monoisotopic (exact) mass is 216 g/mol. The molecule has 0 aromatic heterocycles. The largest absolute Gasteiger partial charge is 0.384 e. The Balaban J connectivity index is 2.38. The molecule has 0 radical (unpaired) electrons. The van der Waals surface area contributed by atoms with E-state index in [1.165, 1.54) is 0 Å². The fourth-order valence-corrected chi connectivity index (χ4v) is 1.07. The Labute approximate surface area is 93.5 Å². The van der Waals surface area contributed by atoms with E-state index in [4.69, 9.17) is 11.0 Å². The standard InChI is InChI=1S/C11H12N4O/c12-7-6-10(13)14-15-11(16)8-9-4-2-1-3-5-9/h1-6,14H,8,13H2,(H,15,16)/b10-6+. The molecule has 1 aromatic carbocycles. The Kier molecular flexibility index (Phi) is 4.41. The SMILES string of the molecule is N#C/C=C(\N)NNC(=O)Cc1ccccc1. The van der Waals surface area contributed by atoms with Crippen LogP contribution in [0.2, 0.25) is 0 Å². The first kappa shape index (κ1) is 11.6. The predicted octanol–water partition coefficient (Wildman–Crippen LogP) is 0.174. The molecule has 0 spiro atoms. The number of rotatable bonds is 4. The lowest BCUT2D eigenvalue weighted by atomic mass is 10.1.